The summed E-state index contributed by atoms with van der Waals surface area (Å²) < 4.78 is 23.4. The van der Waals surface area contributed by atoms with Crippen molar-refractivity contribution in [2.75, 3.05) is 7.05 Å². The molecule has 0 aliphatic heterocycles. The zero-order valence-corrected chi connectivity index (χ0v) is 9.78. The van der Waals surface area contributed by atoms with Crippen LogP contribution in [0.4, 0.5) is 4.79 Å². The predicted molar refractivity (Wildman–Crippen MR) is 58.8 cm³/mol. The summed E-state index contributed by atoms with van der Waals surface area (Å²) in [5.74, 6) is 0. The Morgan fingerprint density at radius 1 is 1.31 bits per heavy atom. The normalized spacial score (nSPS) is 11.1. The molecule has 0 unspecified atom stereocenters. The summed E-state index contributed by atoms with van der Waals surface area (Å²) in [5.41, 5.74) is 5.85. The van der Waals surface area contributed by atoms with Gasteiger partial charge in [-0.25, -0.2) is 18.2 Å². The molecule has 1 aromatic rings. The number of hydrazine groups is 1. The van der Waals surface area contributed by atoms with Gasteiger partial charge in [0.25, 0.3) is 10.0 Å². The first-order chi connectivity index (χ1) is 7.33. The second kappa shape index (κ2) is 4.50. The van der Waals surface area contributed by atoms with Crippen molar-refractivity contribution in [2.45, 2.75) is 11.8 Å². The smallest absolute Gasteiger partial charge is 0.329 e. The molecule has 0 saturated carbocycles. The molecule has 0 radical (unpaired) electrons. The van der Waals surface area contributed by atoms with Crippen LogP contribution in [0, 0.1) is 6.92 Å². The summed E-state index contributed by atoms with van der Waals surface area (Å²) in [6.07, 6.45) is 0. The lowest BCUT2D eigenvalue weighted by atomic mass is 10.2. The highest BCUT2D eigenvalue weighted by molar-refractivity contribution is 7.89. The number of hydrogen-bond donors (Lipinski definition) is 2. The summed E-state index contributed by atoms with van der Waals surface area (Å²) in [4.78, 5) is 12.8. The molecule has 0 bridgehead atoms. The molecule has 16 heavy (non-hydrogen) atoms. The van der Waals surface area contributed by atoms with Crippen LogP contribution >= 0.6 is 0 Å². The van der Waals surface area contributed by atoms with Crippen molar-refractivity contribution in [3.63, 3.8) is 0 Å². The van der Waals surface area contributed by atoms with Crippen molar-refractivity contribution in [1.82, 2.24) is 9.84 Å². The lowest BCUT2D eigenvalue weighted by molar-refractivity contribution is 0.211. The Balaban J connectivity index is 2.94. The molecule has 0 atom stereocenters. The average Bonchev–Trinajstić information content (AvgIpc) is 2.17. The van der Waals surface area contributed by atoms with Gasteiger partial charge in [0, 0.05) is 7.05 Å². The van der Waals surface area contributed by atoms with Gasteiger partial charge in [0.2, 0.25) is 0 Å². The number of benzene rings is 1. The summed E-state index contributed by atoms with van der Waals surface area (Å²) in [6.45, 7) is 1.85. The van der Waals surface area contributed by atoms with Gasteiger partial charge >= 0.3 is 6.03 Å². The lowest BCUT2D eigenvalue weighted by Crippen LogP contribution is -2.45. The molecule has 0 aliphatic carbocycles. The maximum absolute atomic E-state index is 11.7. The van der Waals surface area contributed by atoms with E-state index in [0.717, 1.165) is 5.56 Å². The maximum Gasteiger partial charge on any atom is 0.329 e. The highest BCUT2D eigenvalue weighted by atomic mass is 32.2. The molecule has 0 saturated heterocycles. The van der Waals surface area contributed by atoms with E-state index in [1.54, 1.807) is 12.1 Å². The zero-order chi connectivity index (χ0) is 12.3. The molecule has 0 aliphatic rings. The van der Waals surface area contributed by atoms with E-state index in [1.165, 1.54) is 19.2 Å². The highest BCUT2D eigenvalue weighted by Gasteiger charge is 2.17. The molecular weight excluding hydrogens is 230 g/mol. The maximum atomic E-state index is 11.7. The Bertz CT molecular complexity index is 481. The third-order valence-electron chi connectivity index (χ3n) is 1.92. The molecule has 7 heteroatoms. The van der Waals surface area contributed by atoms with Crippen LogP contribution in [0.2, 0.25) is 0 Å². The van der Waals surface area contributed by atoms with Gasteiger partial charge in [0.1, 0.15) is 0 Å². The molecule has 0 spiro atoms. The third-order valence-corrected chi connectivity index (χ3v) is 3.33. The van der Waals surface area contributed by atoms with Gasteiger partial charge in [0.05, 0.1) is 4.90 Å². The second-order valence-electron chi connectivity index (χ2n) is 3.31. The number of sulfonamides is 1. The van der Waals surface area contributed by atoms with E-state index in [4.69, 9.17) is 5.73 Å². The molecule has 0 fully saturated rings. The topological polar surface area (TPSA) is 92.5 Å². The van der Waals surface area contributed by atoms with Gasteiger partial charge in [-0.05, 0) is 19.1 Å². The fourth-order valence-electron chi connectivity index (χ4n) is 0.995. The van der Waals surface area contributed by atoms with Crippen LogP contribution in [-0.2, 0) is 10.0 Å². The SMILES string of the molecule is Cc1ccc(S(=O)(=O)NN(C)C(N)=O)cc1. The molecule has 3 N–H and O–H groups in total. The monoisotopic (exact) mass is 243 g/mol. The molecule has 6 nitrogen and oxygen atoms in total. The molecule has 1 aromatic carbocycles. The van der Waals surface area contributed by atoms with Crippen molar-refractivity contribution in [3.8, 4) is 0 Å². The van der Waals surface area contributed by atoms with E-state index < -0.39 is 16.1 Å². The number of nitrogens with zero attached hydrogens (tertiary/aromatic N) is 1. The highest BCUT2D eigenvalue weighted by Crippen LogP contribution is 2.09. The summed E-state index contributed by atoms with van der Waals surface area (Å²) in [5, 5.41) is 0.704. The van der Waals surface area contributed by atoms with E-state index in [2.05, 4.69) is 0 Å². The predicted octanol–water partition coefficient (Wildman–Crippen LogP) is 0.199. The summed E-state index contributed by atoms with van der Waals surface area (Å²) >= 11 is 0. The van der Waals surface area contributed by atoms with Gasteiger partial charge in [-0.1, -0.05) is 17.7 Å². The number of amides is 2. The van der Waals surface area contributed by atoms with Gasteiger partial charge in [-0.15, -0.1) is 4.83 Å². The van der Waals surface area contributed by atoms with Crippen LogP contribution < -0.4 is 10.6 Å². The van der Waals surface area contributed by atoms with Gasteiger partial charge in [-0.2, -0.15) is 0 Å². The molecular formula is C9H13N3O3S. The van der Waals surface area contributed by atoms with Gasteiger partial charge in [0.15, 0.2) is 0 Å². The van der Waals surface area contributed by atoms with E-state index in [1.807, 2.05) is 11.8 Å². The minimum absolute atomic E-state index is 0.0752. The van der Waals surface area contributed by atoms with Crippen molar-refractivity contribution in [2.24, 2.45) is 5.73 Å². The van der Waals surface area contributed by atoms with Crippen LogP contribution in [0.15, 0.2) is 29.2 Å². The van der Waals surface area contributed by atoms with Crippen molar-refractivity contribution in [3.05, 3.63) is 29.8 Å². The fourth-order valence-corrected chi connectivity index (χ4v) is 2.05. The average molecular weight is 243 g/mol. The van der Waals surface area contributed by atoms with E-state index in [-0.39, 0.29) is 4.90 Å². The lowest BCUT2D eigenvalue weighted by Gasteiger charge is -2.15. The number of carbonyl (C=O) groups excluding carboxylic acids is 1. The van der Waals surface area contributed by atoms with E-state index in [9.17, 15) is 13.2 Å². The minimum Gasteiger partial charge on any atom is -0.350 e. The second-order valence-corrected chi connectivity index (χ2v) is 4.97. The zero-order valence-electron chi connectivity index (χ0n) is 8.97. The Kier molecular flexibility index (Phi) is 3.51. The molecule has 0 heterocycles. The molecule has 0 aromatic heterocycles. The van der Waals surface area contributed by atoms with Gasteiger partial charge < -0.3 is 5.73 Å². The number of aryl methyl sites for hydroxylation is 1. The first-order valence-electron chi connectivity index (χ1n) is 4.45. The Hall–Kier alpha value is -1.60. The third kappa shape index (κ3) is 2.94. The number of rotatable bonds is 3. The number of urea groups is 1. The van der Waals surface area contributed by atoms with Crippen LogP contribution in [0.25, 0.3) is 0 Å². The van der Waals surface area contributed by atoms with Crippen LogP contribution in [0.3, 0.4) is 0 Å². The standard InChI is InChI=1S/C9H13N3O3S/c1-7-3-5-8(6-4-7)16(14,15)11-12(2)9(10)13/h3-6,11H,1-2H3,(H2,10,13). The quantitative estimate of drug-likeness (QED) is 0.743. The number of hydrogen-bond acceptors (Lipinski definition) is 3. The largest absolute Gasteiger partial charge is 0.350 e. The van der Waals surface area contributed by atoms with Crippen molar-refractivity contribution in [1.29, 1.82) is 0 Å². The fraction of sp³-hybridized carbons (Fsp3) is 0.222. The number of nitrogens with one attached hydrogen (secondary N) is 1. The van der Waals surface area contributed by atoms with E-state index >= 15 is 0 Å². The number of carbonyl (C=O) groups is 1. The number of primary amides is 1. The Labute approximate surface area is 94.1 Å². The Morgan fingerprint density at radius 3 is 2.25 bits per heavy atom. The van der Waals surface area contributed by atoms with Gasteiger partial charge in [-0.3, -0.25) is 0 Å². The van der Waals surface area contributed by atoms with Crippen molar-refractivity contribution < 1.29 is 13.2 Å². The first-order valence-corrected chi connectivity index (χ1v) is 5.93. The number of nitrogens with two attached hydrogens (primary N) is 1. The first kappa shape index (κ1) is 12.5. The summed E-state index contributed by atoms with van der Waals surface area (Å²) in [7, 11) is -2.52. The molecule has 2 amide bonds. The minimum atomic E-state index is -3.75. The van der Waals surface area contributed by atoms with Crippen LogP contribution in [-0.4, -0.2) is 26.5 Å². The van der Waals surface area contributed by atoms with Crippen LogP contribution in [0.1, 0.15) is 5.56 Å². The van der Waals surface area contributed by atoms with Crippen molar-refractivity contribution >= 4 is 16.1 Å². The molecule has 1 rings (SSSR count). The van der Waals surface area contributed by atoms with Crippen LogP contribution in [0.5, 0.6) is 0 Å². The molecule has 88 valence electrons. The summed E-state index contributed by atoms with van der Waals surface area (Å²) in [6, 6.07) is 5.35. The van der Waals surface area contributed by atoms with E-state index in [0.29, 0.717) is 5.01 Å². The Morgan fingerprint density at radius 2 is 1.81 bits per heavy atom.